The highest BCUT2D eigenvalue weighted by atomic mass is 35.5. The van der Waals surface area contributed by atoms with E-state index in [4.69, 9.17) is 16.1 Å². The second-order valence-corrected chi connectivity index (χ2v) is 6.13. The van der Waals surface area contributed by atoms with Crippen molar-refractivity contribution < 1.29 is 9.32 Å². The molecule has 4 aromatic rings. The van der Waals surface area contributed by atoms with Crippen LogP contribution in [0.15, 0.2) is 77.3 Å². The highest BCUT2D eigenvalue weighted by Gasteiger charge is 2.13. The fourth-order valence-electron chi connectivity index (χ4n) is 2.67. The number of hydrogen-bond acceptors (Lipinski definition) is 4. The van der Waals surface area contributed by atoms with E-state index in [9.17, 15) is 4.79 Å². The van der Waals surface area contributed by atoms with E-state index < -0.39 is 0 Å². The van der Waals surface area contributed by atoms with Crippen LogP contribution in [0.25, 0.3) is 34.0 Å². The Labute approximate surface area is 155 Å². The molecule has 0 aliphatic heterocycles. The van der Waals surface area contributed by atoms with Crippen LogP contribution < -0.4 is 0 Å². The number of aldehydes is 1. The first-order valence-corrected chi connectivity index (χ1v) is 8.37. The molecule has 126 valence electrons. The molecule has 0 bridgehead atoms. The van der Waals surface area contributed by atoms with Gasteiger partial charge in [-0.25, -0.2) is 0 Å². The maximum Gasteiger partial charge on any atom is 0.258 e. The molecule has 4 rings (SSSR count). The minimum absolute atomic E-state index is 0.384. The molecule has 0 saturated heterocycles. The van der Waals surface area contributed by atoms with Gasteiger partial charge in [0.1, 0.15) is 6.29 Å². The third kappa shape index (κ3) is 3.15. The lowest BCUT2D eigenvalue weighted by Gasteiger charge is -2.01. The first kappa shape index (κ1) is 16.2. The Morgan fingerprint density at radius 1 is 0.846 bits per heavy atom. The zero-order valence-corrected chi connectivity index (χ0v) is 14.4. The summed E-state index contributed by atoms with van der Waals surface area (Å²) < 4.78 is 5.37. The molecule has 0 amide bonds. The molecule has 0 unspecified atom stereocenters. The number of carbonyl (C=O) groups excluding carboxylic acids is 1. The Balaban J connectivity index is 1.63. The summed E-state index contributed by atoms with van der Waals surface area (Å²) in [7, 11) is 0. The molecule has 0 radical (unpaired) electrons. The summed E-state index contributed by atoms with van der Waals surface area (Å²) >= 11 is 6.21. The molecule has 0 aliphatic carbocycles. The highest BCUT2D eigenvalue weighted by Crippen LogP contribution is 2.29. The predicted molar refractivity (Wildman–Crippen MR) is 101 cm³/mol. The van der Waals surface area contributed by atoms with Crippen molar-refractivity contribution in [3.63, 3.8) is 0 Å². The average molecular weight is 361 g/mol. The summed E-state index contributed by atoms with van der Waals surface area (Å²) in [6, 6.07) is 23.0. The van der Waals surface area contributed by atoms with Gasteiger partial charge in [0.25, 0.3) is 5.89 Å². The number of rotatable bonds is 4. The van der Waals surface area contributed by atoms with Crippen molar-refractivity contribution in [3.8, 4) is 34.0 Å². The Morgan fingerprint density at radius 2 is 1.54 bits per heavy atom. The highest BCUT2D eigenvalue weighted by molar-refractivity contribution is 6.33. The zero-order chi connectivity index (χ0) is 17.9. The van der Waals surface area contributed by atoms with Crippen LogP contribution in [0, 0.1) is 0 Å². The van der Waals surface area contributed by atoms with E-state index in [0.29, 0.717) is 27.9 Å². The van der Waals surface area contributed by atoms with Gasteiger partial charge in [0.2, 0.25) is 5.82 Å². The third-order valence-corrected chi connectivity index (χ3v) is 4.35. The Kier molecular flexibility index (Phi) is 4.33. The van der Waals surface area contributed by atoms with Crippen LogP contribution in [0.3, 0.4) is 0 Å². The molecule has 0 atom stereocenters. The van der Waals surface area contributed by atoms with Crippen molar-refractivity contribution in [3.05, 3.63) is 83.4 Å². The van der Waals surface area contributed by atoms with E-state index in [1.54, 1.807) is 18.2 Å². The smallest absolute Gasteiger partial charge is 0.258 e. The van der Waals surface area contributed by atoms with Crippen molar-refractivity contribution >= 4 is 17.9 Å². The van der Waals surface area contributed by atoms with Crippen molar-refractivity contribution in [1.82, 2.24) is 10.1 Å². The van der Waals surface area contributed by atoms with Crippen LogP contribution in [-0.2, 0) is 0 Å². The number of benzene rings is 3. The monoisotopic (exact) mass is 360 g/mol. The van der Waals surface area contributed by atoms with Crippen molar-refractivity contribution in [1.29, 1.82) is 0 Å². The molecule has 0 saturated carbocycles. The third-order valence-electron chi connectivity index (χ3n) is 4.04. The van der Waals surface area contributed by atoms with E-state index in [1.165, 1.54) is 0 Å². The Hall–Kier alpha value is -3.24. The summed E-state index contributed by atoms with van der Waals surface area (Å²) in [4.78, 5) is 15.2. The summed E-state index contributed by atoms with van der Waals surface area (Å²) in [5.74, 6) is 0.796. The molecule has 0 fully saturated rings. The number of carbonyl (C=O) groups is 1. The standard InChI is InChI=1S/C21H13ClN2O2/c22-19-12-14(13-25)6-11-18(19)20-23-21(26-24-20)17-9-7-16(8-10-17)15-4-2-1-3-5-15/h1-13H. The summed E-state index contributed by atoms with van der Waals surface area (Å²) in [6.07, 6.45) is 0.742. The molecule has 4 nitrogen and oxygen atoms in total. The van der Waals surface area contributed by atoms with Gasteiger partial charge in [0.15, 0.2) is 0 Å². The molecule has 1 heterocycles. The molecule has 0 spiro atoms. The average Bonchev–Trinajstić information content (AvgIpc) is 3.18. The maximum atomic E-state index is 10.8. The van der Waals surface area contributed by atoms with Gasteiger partial charge in [-0.15, -0.1) is 0 Å². The van der Waals surface area contributed by atoms with E-state index in [2.05, 4.69) is 22.3 Å². The van der Waals surface area contributed by atoms with E-state index in [0.717, 1.165) is 23.0 Å². The van der Waals surface area contributed by atoms with Crippen molar-refractivity contribution in [2.45, 2.75) is 0 Å². The molecule has 5 heteroatoms. The van der Waals surface area contributed by atoms with Crippen LogP contribution in [0.2, 0.25) is 5.02 Å². The first-order chi connectivity index (χ1) is 12.7. The quantitative estimate of drug-likeness (QED) is 0.448. The van der Waals surface area contributed by atoms with Gasteiger partial charge in [-0.05, 0) is 35.4 Å². The second-order valence-electron chi connectivity index (χ2n) is 5.72. The summed E-state index contributed by atoms with van der Waals surface area (Å²) in [5.41, 5.74) is 4.20. The molecule has 0 aliphatic rings. The Bertz CT molecular complexity index is 1060. The summed E-state index contributed by atoms with van der Waals surface area (Å²) in [5, 5.41) is 4.40. The fraction of sp³-hybridized carbons (Fsp3) is 0. The lowest BCUT2D eigenvalue weighted by atomic mass is 10.0. The Morgan fingerprint density at radius 3 is 2.23 bits per heavy atom. The van der Waals surface area contributed by atoms with Crippen LogP contribution in [0.1, 0.15) is 10.4 Å². The van der Waals surface area contributed by atoms with Crippen LogP contribution in [0.4, 0.5) is 0 Å². The zero-order valence-electron chi connectivity index (χ0n) is 13.6. The molecular weight excluding hydrogens is 348 g/mol. The largest absolute Gasteiger partial charge is 0.334 e. The van der Waals surface area contributed by atoms with Gasteiger partial charge in [-0.3, -0.25) is 4.79 Å². The van der Waals surface area contributed by atoms with Crippen molar-refractivity contribution in [2.24, 2.45) is 0 Å². The van der Waals surface area contributed by atoms with E-state index in [1.807, 2.05) is 42.5 Å². The topological polar surface area (TPSA) is 56.0 Å². The molecular formula is C21H13ClN2O2. The van der Waals surface area contributed by atoms with Crippen LogP contribution in [-0.4, -0.2) is 16.4 Å². The van der Waals surface area contributed by atoms with Gasteiger partial charge in [-0.1, -0.05) is 65.3 Å². The minimum atomic E-state index is 0.384. The minimum Gasteiger partial charge on any atom is -0.334 e. The number of hydrogen-bond donors (Lipinski definition) is 0. The van der Waals surface area contributed by atoms with Gasteiger partial charge < -0.3 is 4.52 Å². The SMILES string of the molecule is O=Cc1ccc(-c2noc(-c3ccc(-c4ccccc4)cc3)n2)c(Cl)c1. The first-order valence-electron chi connectivity index (χ1n) is 7.99. The lowest BCUT2D eigenvalue weighted by molar-refractivity contribution is 0.112. The summed E-state index contributed by atoms with van der Waals surface area (Å²) in [6.45, 7) is 0. The number of aromatic nitrogens is 2. The van der Waals surface area contributed by atoms with E-state index in [-0.39, 0.29) is 0 Å². The lowest BCUT2D eigenvalue weighted by Crippen LogP contribution is -1.86. The van der Waals surface area contributed by atoms with Gasteiger partial charge in [-0.2, -0.15) is 4.98 Å². The molecule has 0 N–H and O–H groups in total. The molecule has 26 heavy (non-hydrogen) atoms. The van der Waals surface area contributed by atoms with Gasteiger partial charge >= 0.3 is 0 Å². The maximum absolute atomic E-state index is 10.8. The normalized spacial score (nSPS) is 10.7. The molecule has 3 aromatic carbocycles. The van der Waals surface area contributed by atoms with Gasteiger partial charge in [0, 0.05) is 16.7 Å². The van der Waals surface area contributed by atoms with Gasteiger partial charge in [0.05, 0.1) is 5.02 Å². The predicted octanol–water partition coefficient (Wildman–Crippen LogP) is 5.54. The van der Waals surface area contributed by atoms with E-state index >= 15 is 0 Å². The number of nitrogens with zero attached hydrogens (tertiary/aromatic N) is 2. The second kappa shape index (κ2) is 6.94. The molecule has 1 aromatic heterocycles. The van der Waals surface area contributed by atoms with Crippen molar-refractivity contribution in [2.75, 3.05) is 0 Å². The fourth-order valence-corrected chi connectivity index (χ4v) is 2.95. The van der Waals surface area contributed by atoms with Crippen LogP contribution in [0.5, 0.6) is 0 Å². The number of halogens is 1. The van der Waals surface area contributed by atoms with Crippen LogP contribution >= 0.6 is 11.6 Å².